The first kappa shape index (κ1) is 12.4. The Kier molecular flexibility index (Phi) is 4.38. The quantitative estimate of drug-likeness (QED) is 0.705. The van der Waals surface area contributed by atoms with E-state index in [2.05, 4.69) is 36.2 Å². The van der Waals surface area contributed by atoms with E-state index >= 15 is 0 Å². The summed E-state index contributed by atoms with van der Waals surface area (Å²) in [5, 5.41) is 1.52. The predicted molar refractivity (Wildman–Crippen MR) is 74.6 cm³/mol. The van der Waals surface area contributed by atoms with E-state index in [0.29, 0.717) is 5.38 Å². The van der Waals surface area contributed by atoms with Crippen LogP contribution in [0.25, 0.3) is 10.9 Å². The Hall–Kier alpha value is -1.08. The van der Waals surface area contributed by atoms with Crippen LogP contribution in [0.3, 0.4) is 0 Å². The lowest BCUT2D eigenvalue weighted by molar-refractivity contribution is 0.669. The fourth-order valence-electron chi connectivity index (χ4n) is 1.96. The molecule has 2 rings (SSSR count). The number of alkyl halides is 1. The van der Waals surface area contributed by atoms with Gasteiger partial charge < -0.3 is 0 Å². The number of benzene rings is 1. The van der Waals surface area contributed by atoms with E-state index < -0.39 is 0 Å². The maximum atomic E-state index is 6.11. The highest BCUT2D eigenvalue weighted by Crippen LogP contribution is 2.15. The fourth-order valence-corrected chi connectivity index (χ4v) is 2.11. The maximum absolute atomic E-state index is 6.11. The third-order valence-corrected chi connectivity index (χ3v) is 3.58. The molecule has 2 aromatic rings. The zero-order valence-corrected chi connectivity index (χ0v) is 11.0. The van der Waals surface area contributed by atoms with E-state index in [9.17, 15) is 0 Å². The second-order valence-corrected chi connectivity index (χ2v) is 5.01. The van der Waals surface area contributed by atoms with Crippen molar-refractivity contribution >= 4 is 22.5 Å². The molecule has 0 aliphatic heterocycles. The molecular formula is C15H18ClN. The number of fused-ring (bicyclic) bond motifs is 1. The van der Waals surface area contributed by atoms with Crippen molar-refractivity contribution in [3.63, 3.8) is 0 Å². The molecule has 0 spiro atoms. The number of para-hydroxylation sites is 1. The first-order valence-corrected chi connectivity index (χ1v) is 6.72. The molecule has 90 valence electrons. The molecule has 0 aliphatic carbocycles. The second-order valence-electron chi connectivity index (χ2n) is 4.39. The molecule has 17 heavy (non-hydrogen) atoms. The van der Waals surface area contributed by atoms with Crippen LogP contribution in [0.15, 0.2) is 36.4 Å². The zero-order chi connectivity index (χ0) is 12.1. The molecule has 0 radical (unpaired) electrons. The van der Waals surface area contributed by atoms with Gasteiger partial charge in [-0.2, -0.15) is 0 Å². The Bertz CT molecular complexity index is 481. The minimum atomic E-state index is 0.315. The molecule has 1 heterocycles. The molecule has 1 nitrogen and oxygen atoms in total. The third-order valence-electron chi connectivity index (χ3n) is 3.05. The number of pyridine rings is 1. The molecule has 2 heteroatoms. The van der Waals surface area contributed by atoms with Crippen molar-refractivity contribution in [2.45, 2.75) is 38.0 Å². The van der Waals surface area contributed by atoms with Crippen LogP contribution in [0.2, 0.25) is 0 Å². The van der Waals surface area contributed by atoms with Crippen LogP contribution in [0.5, 0.6) is 0 Å². The monoisotopic (exact) mass is 247 g/mol. The van der Waals surface area contributed by atoms with Gasteiger partial charge in [-0.05, 0) is 37.8 Å². The maximum Gasteiger partial charge on any atom is 0.0705 e. The first-order valence-electron chi connectivity index (χ1n) is 6.28. The average Bonchev–Trinajstić information content (AvgIpc) is 2.38. The zero-order valence-electron chi connectivity index (χ0n) is 10.2. The van der Waals surface area contributed by atoms with Gasteiger partial charge in [0.05, 0.1) is 5.52 Å². The lowest BCUT2D eigenvalue weighted by atomic mass is 10.1. The number of hydrogen-bond donors (Lipinski definition) is 0. The molecule has 0 saturated carbocycles. The molecule has 0 fully saturated rings. The standard InChI is InChI=1S/C15H18ClN/c1-2-13(16)7-5-8-14-11-10-12-6-3-4-9-15(12)17-14/h3-4,6,9-11,13H,2,5,7-8H2,1H3. The van der Waals surface area contributed by atoms with Crippen molar-refractivity contribution in [1.82, 2.24) is 4.98 Å². The highest BCUT2D eigenvalue weighted by Gasteiger charge is 2.02. The van der Waals surface area contributed by atoms with Crippen LogP contribution in [-0.2, 0) is 6.42 Å². The Morgan fingerprint density at radius 1 is 1.18 bits per heavy atom. The minimum Gasteiger partial charge on any atom is -0.253 e. The molecule has 0 amide bonds. The van der Waals surface area contributed by atoms with E-state index in [1.54, 1.807) is 0 Å². The summed E-state index contributed by atoms with van der Waals surface area (Å²) in [5.74, 6) is 0. The average molecular weight is 248 g/mol. The Labute approximate surface area is 108 Å². The van der Waals surface area contributed by atoms with E-state index in [1.165, 1.54) is 11.1 Å². The Morgan fingerprint density at radius 3 is 2.82 bits per heavy atom. The Balaban J connectivity index is 1.99. The number of hydrogen-bond acceptors (Lipinski definition) is 1. The van der Waals surface area contributed by atoms with Crippen molar-refractivity contribution in [3.05, 3.63) is 42.1 Å². The number of nitrogens with zero attached hydrogens (tertiary/aromatic N) is 1. The van der Waals surface area contributed by atoms with Gasteiger partial charge in [0, 0.05) is 16.5 Å². The number of rotatable bonds is 5. The molecule has 0 aliphatic rings. The normalized spacial score (nSPS) is 12.8. The summed E-state index contributed by atoms with van der Waals surface area (Å²) in [6.07, 6.45) is 4.26. The van der Waals surface area contributed by atoms with Gasteiger partial charge in [-0.1, -0.05) is 31.2 Å². The molecule has 1 aromatic heterocycles. The summed E-state index contributed by atoms with van der Waals surface area (Å²) < 4.78 is 0. The summed E-state index contributed by atoms with van der Waals surface area (Å²) in [6.45, 7) is 2.13. The van der Waals surface area contributed by atoms with Gasteiger partial charge in [0.25, 0.3) is 0 Å². The SMILES string of the molecule is CCC(Cl)CCCc1ccc2ccccc2n1. The largest absolute Gasteiger partial charge is 0.253 e. The smallest absolute Gasteiger partial charge is 0.0705 e. The molecule has 1 aromatic carbocycles. The van der Waals surface area contributed by atoms with Crippen molar-refractivity contribution in [2.24, 2.45) is 0 Å². The lowest BCUT2D eigenvalue weighted by Crippen LogP contribution is -1.98. The topological polar surface area (TPSA) is 12.9 Å². The van der Waals surface area contributed by atoms with Crippen LogP contribution in [0.1, 0.15) is 31.9 Å². The lowest BCUT2D eigenvalue weighted by Gasteiger charge is -2.06. The highest BCUT2D eigenvalue weighted by atomic mass is 35.5. The van der Waals surface area contributed by atoms with Crippen LogP contribution in [0, 0.1) is 0 Å². The summed E-state index contributed by atoms with van der Waals surface area (Å²) in [7, 11) is 0. The summed E-state index contributed by atoms with van der Waals surface area (Å²) in [4.78, 5) is 4.65. The van der Waals surface area contributed by atoms with Gasteiger partial charge in [-0.15, -0.1) is 11.6 Å². The van der Waals surface area contributed by atoms with Crippen molar-refractivity contribution in [2.75, 3.05) is 0 Å². The molecule has 0 saturated heterocycles. The summed E-state index contributed by atoms with van der Waals surface area (Å²) >= 11 is 6.11. The van der Waals surface area contributed by atoms with Gasteiger partial charge >= 0.3 is 0 Å². The molecule has 1 atom stereocenters. The fraction of sp³-hybridized carbons (Fsp3) is 0.400. The van der Waals surface area contributed by atoms with E-state index in [4.69, 9.17) is 11.6 Å². The minimum absolute atomic E-state index is 0.315. The number of halogens is 1. The third kappa shape index (κ3) is 3.44. The molecule has 1 unspecified atom stereocenters. The van der Waals surface area contributed by atoms with Gasteiger partial charge in [0.1, 0.15) is 0 Å². The van der Waals surface area contributed by atoms with Crippen molar-refractivity contribution < 1.29 is 0 Å². The number of aromatic nitrogens is 1. The van der Waals surface area contributed by atoms with Crippen LogP contribution in [-0.4, -0.2) is 10.4 Å². The van der Waals surface area contributed by atoms with Gasteiger partial charge in [0.2, 0.25) is 0 Å². The highest BCUT2D eigenvalue weighted by molar-refractivity contribution is 6.20. The molecule has 0 bridgehead atoms. The first-order chi connectivity index (χ1) is 8.29. The van der Waals surface area contributed by atoms with Crippen molar-refractivity contribution in [3.8, 4) is 0 Å². The van der Waals surface area contributed by atoms with E-state index in [0.717, 1.165) is 31.2 Å². The van der Waals surface area contributed by atoms with Crippen LogP contribution < -0.4 is 0 Å². The second kappa shape index (κ2) is 6.02. The van der Waals surface area contributed by atoms with Crippen molar-refractivity contribution in [1.29, 1.82) is 0 Å². The predicted octanol–water partition coefficient (Wildman–Crippen LogP) is 4.57. The van der Waals surface area contributed by atoms with Gasteiger partial charge in [-0.25, -0.2) is 0 Å². The van der Waals surface area contributed by atoms with Crippen LogP contribution >= 0.6 is 11.6 Å². The molecular weight excluding hydrogens is 230 g/mol. The molecule has 0 N–H and O–H groups in total. The van der Waals surface area contributed by atoms with Gasteiger partial charge in [-0.3, -0.25) is 4.98 Å². The van der Waals surface area contributed by atoms with Crippen LogP contribution in [0.4, 0.5) is 0 Å². The number of aryl methyl sites for hydroxylation is 1. The van der Waals surface area contributed by atoms with E-state index in [1.807, 2.05) is 12.1 Å². The van der Waals surface area contributed by atoms with E-state index in [-0.39, 0.29) is 0 Å². The Morgan fingerprint density at radius 2 is 2.00 bits per heavy atom. The summed E-state index contributed by atoms with van der Waals surface area (Å²) in [6, 6.07) is 12.5. The summed E-state index contributed by atoms with van der Waals surface area (Å²) in [5.41, 5.74) is 2.26. The van der Waals surface area contributed by atoms with Gasteiger partial charge in [0.15, 0.2) is 0 Å².